The van der Waals surface area contributed by atoms with E-state index in [4.69, 9.17) is 0 Å². The monoisotopic (exact) mass is 274 g/mol. The zero-order valence-corrected chi connectivity index (χ0v) is 12.6. The molecule has 2 rings (SSSR count). The summed E-state index contributed by atoms with van der Waals surface area (Å²) in [7, 11) is 1.34. The Morgan fingerprint density at radius 3 is 2.50 bits per heavy atom. The molecular weight excluding hydrogens is 252 g/mol. The second-order valence-electron chi connectivity index (χ2n) is 4.52. The van der Waals surface area contributed by atoms with Gasteiger partial charge in [-0.25, -0.2) is 9.78 Å². The molecule has 0 N–H and O–H groups in total. The van der Waals surface area contributed by atoms with E-state index in [9.17, 15) is 4.79 Å². The van der Waals surface area contributed by atoms with Gasteiger partial charge in [0.1, 0.15) is 0 Å². The predicted octanol–water partition coefficient (Wildman–Crippen LogP) is 3.92. The van der Waals surface area contributed by atoms with Crippen molar-refractivity contribution in [3.63, 3.8) is 0 Å². The van der Waals surface area contributed by atoms with E-state index in [0.29, 0.717) is 5.69 Å². The molecule has 0 saturated heterocycles. The number of ether oxygens (including phenoxy) is 1. The Balaban J connectivity index is 0.000000347. The number of carbonyl (C=O) groups excluding carboxylic acids is 1. The first-order chi connectivity index (χ1) is 9.65. The van der Waals surface area contributed by atoms with E-state index >= 15 is 0 Å². The Morgan fingerprint density at radius 1 is 1.25 bits per heavy atom. The average Bonchev–Trinajstić information content (AvgIpc) is 2.49. The minimum Gasteiger partial charge on any atom is -0.464 e. The number of aromatic nitrogens is 2. The fourth-order valence-electron chi connectivity index (χ4n) is 1.83. The summed E-state index contributed by atoms with van der Waals surface area (Å²) >= 11 is 0. The number of methoxy groups -OCH3 is 1. The second-order valence-corrected chi connectivity index (χ2v) is 4.52. The van der Waals surface area contributed by atoms with Crippen molar-refractivity contribution in [2.75, 3.05) is 7.11 Å². The van der Waals surface area contributed by atoms with Gasteiger partial charge in [0.25, 0.3) is 0 Å². The van der Waals surface area contributed by atoms with Crippen LogP contribution in [0.1, 0.15) is 49.2 Å². The molecule has 2 heterocycles. The summed E-state index contributed by atoms with van der Waals surface area (Å²) in [5, 5.41) is 0.919. The van der Waals surface area contributed by atoms with Crippen LogP contribution in [0.2, 0.25) is 0 Å². The first kappa shape index (κ1) is 16.1. The van der Waals surface area contributed by atoms with Gasteiger partial charge in [0.05, 0.1) is 12.6 Å². The van der Waals surface area contributed by atoms with Gasteiger partial charge in [0.2, 0.25) is 0 Å². The van der Waals surface area contributed by atoms with E-state index in [1.165, 1.54) is 26.4 Å². The average molecular weight is 274 g/mol. The van der Waals surface area contributed by atoms with Crippen molar-refractivity contribution in [1.82, 2.24) is 9.97 Å². The van der Waals surface area contributed by atoms with Crippen molar-refractivity contribution < 1.29 is 9.53 Å². The molecule has 4 nitrogen and oxygen atoms in total. The fourth-order valence-corrected chi connectivity index (χ4v) is 1.83. The molecule has 20 heavy (non-hydrogen) atoms. The Morgan fingerprint density at radius 2 is 1.95 bits per heavy atom. The van der Waals surface area contributed by atoms with Gasteiger partial charge < -0.3 is 4.74 Å². The van der Waals surface area contributed by atoms with Gasteiger partial charge in [0.15, 0.2) is 5.69 Å². The van der Waals surface area contributed by atoms with Crippen LogP contribution in [0.25, 0.3) is 10.9 Å². The number of rotatable bonds is 3. The van der Waals surface area contributed by atoms with Crippen LogP contribution >= 0.6 is 0 Å². The van der Waals surface area contributed by atoms with Crippen LogP contribution in [0.5, 0.6) is 0 Å². The zero-order valence-electron chi connectivity index (χ0n) is 12.6. The van der Waals surface area contributed by atoms with Crippen molar-refractivity contribution in [1.29, 1.82) is 0 Å². The molecule has 0 aliphatic heterocycles. The van der Waals surface area contributed by atoms with Gasteiger partial charge in [-0.1, -0.05) is 33.1 Å². The summed E-state index contributed by atoms with van der Waals surface area (Å²) < 4.78 is 4.64. The van der Waals surface area contributed by atoms with Crippen LogP contribution in [0.3, 0.4) is 0 Å². The lowest BCUT2D eigenvalue weighted by molar-refractivity contribution is 0.0593. The van der Waals surface area contributed by atoms with E-state index < -0.39 is 5.97 Å². The van der Waals surface area contributed by atoms with Crippen molar-refractivity contribution in [2.24, 2.45) is 0 Å². The van der Waals surface area contributed by atoms with Crippen molar-refractivity contribution in [2.45, 2.75) is 40.0 Å². The molecule has 0 unspecified atom stereocenters. The van der Waals surface area contributed by atoms with E-state index in [1.54, 1.807) is 12.4 Å². The van der Waals surface area contributed by atoms with E-state index in [-0.39, 0.29) is 0 Å². The maximum Gasteiger partial charge on any atom is 0.356 e. The number of unbranched alkanes of at least 4 members (excludes halogenated alkanes) is 2. The SMILES string of the molecule is CCCCC.COC(=O)c1ncc2cccnc2c1C. The molecule has 4 heteroatoms. The summed E-state index contributed by atoms with van der Waals surface area (Å²) in [6, 6.07) is 3.74. The lowest BCUT2D eigenvalue weighted by Gasteiger charge is -2.05. The summed E-state index contributed by atoms with van der Waals surface area (Å²) in [4.78, 5) is 19.6. The number of pyridine rings is 2. The van der Waals surface area contributed by atoms with Crippen molar-refractivity contribution >= 4 is 16.9 Å². The second kappa shape index (κ2) is 8.25. The smallest absolute Gasteiger partial charge is 0.356 e. The molecule has 108 valence electrons. The Hall–Kier alpha value is -1.97. The summed E-state index contributed by atoms with van der Waals surface area (Å²) in [6.07, 6.45) is 7.39. The maximum atomic E-state index is 11.4. The molecule has 2 aromatic heterocycles. The largest absolute Gasteiger partial charge is 0.464 e. The number of carbonyl (C=O) groups is 1. The van der Waals surface area contributed by atoms with Gasteiger partial charge in [0, 0.05) is 23.3 Å². The Labute approximate surface area is 120 Å². The number of fused-ring (bicyclic) bond motifs is 1. The zero-order chi connectivity index (χ0) is 15.0. The van der Waals surface area contributed by atoms with Gasteiger partial charge in [-0.15, -0.1) is 0 Å². The highest BCUT2D eigenvalue weighted by Gasteiger charge is 2.13. The molecule has 0 saturated carbocycles. The molecule has 0 aromatic carbocycles. The molecule has 0 amide bonds. The standard InChI is InChI=1S/C11H10N2O2.C5H12/c1-7-9-8(4-3-5-12-9)6-13-10(7)11(14)15-2;1-3-5-4-2/h3-6H,1-2H3;3-5H2,1-2H3. The topological polar surface area (TPSA) is 52.1 Å². The number of hydrogen-bond donors (Lipinski definition) is 0. The quantitative estimate of drug-likeness (QED) is 0.796. The van der Waals surface area contributed by atoms with E-state index in [1.807, 2.05) is 19.1 Å². The van der Waals surface area contributed by atoms with Crippen LogP contribution < -0.4 is 0 Å². The van der Waals surface area contributed by atoms with Crippen LogP contribution in [-0.4, -0.2) is 23.0 Å². The van der Waals surface area contributed by atoms with Gasteiger partial charge in [-0.05, 0) is 19.1 Å². The predicted molar refractivity (Wildman–Crippen MR) is 80.8 cm³/mol. The number of nitrogens with zero attached hydrogens (tertiary/aromatic N) is 2. The number of esters is 1. The number of hydrogen-bond acceptors (Lipinski definition) is 4. The molecule has 0 bridgehead atoms. The molecule has 0 fully saturated rings. The Kier molecular flexibility index (Phi) is 6.64. The molecule has 2 aromatic rings. The molecule has 0 aliphatic carbocycles. The third-order valence-corrected chi connectivity index (χ3v) is 2.97. The lowest BCUT2D eigenvalue weighted by Crippen LogP contribution is -2.07. The van der Waals surface area contributed by atoms with Gasteiger partial charge >= 0.3 is 5.97 Å². The minimum atomic E-state index is -0.431. The molecular formula is C16H22N2O2. The van der Waals surface area contributed by atoms with Gasteiger partial charge in [-0.3, -0.25) is 4.98 Å². The van der Waals surface area contributed by atoms with Crippen LogP contribution in [0, 0.1) is 6.92 Å². The van der Waals surface area contributed by atoms with Crippen LogP contribution in [0.4, 0.5) is 0 Å². The van der Waals surface area contributed by atoms with Crippen molar-refractivity contribution in [3.8, 4) is 0 Å². The summed E-state index contributed by atoms with van der Waals surface area (Å²) in [6.45, 7) is 6.24. The first-order valence-electron chi connectivity index (χ1n) is 6.94. The van der Waals surface area contributed by atoms with Crippen molar-refractivity contribution in [3.05, 3.63) is 35.8 Å². The molecule has 0 radical (unpaired) electrons. The lowest BCUT2D eigenvalue weighted by atomic mass is 10.1. The highest BCUT2D eigenvalue weighted by molar-refractivity contribution is 5.94. The highest BCUT2D eigenvalue weighted by atomic mass is 16.5. The Bertz CT molecular complexity index is 565. The molecule has 0 aliphatic rings. The van der Waals surface area contributed by atoms with Gasteiger partial charge in [-0.2, -0.15) is 0 Å². The molecule has 0 atom stereocenters. The molecule has 0 spiro atoms. The fraction of sp³-hybridized carbons (Fsp3) is 0.438. The third-order valence-electron chi connectivity index (χ3n) is 2.97. The van der Waals surface area contributed by atoms with Crippen LogP contribution in [-0.2, 0) is 4.74 Å². The normalized spacial score (nSPS) is 9.80. The third kappa shape index (κ3) is 4.02. The minimum absolute atomic E-state index is 0.323. The number of aryl methyl sites for hydroxylation is 1. The van der Waals surface area contributed by atoms with Crippen LogP contribution in [0.15, 0.2) is 24.5 Å². The van der Waals surface area contributed by atoms with E-state index in [0.717, 1.165) is 16.5 Å². The summed E-state index contributed by atoms with van der Waals surface area (Å²) in [5.74, 6) is -0.431. The summed E-state index contributed by atoms with van der Waals surface area (Å²) in [5.41, 5.74) is 1.86. The maximum absolute atomic E-state index is 11.4. The highest BCUT2D eigenvalue weighted by Crippen LogP contribution is 2.17. The van der Waals surface area contributed by atoms with E-state index in [2.05, 4.69) is 28.6 Å². The first-order valence-corrected chi connectivity index (χ1v) is 6.94.